The Morgan fingerprint density at radius 3 is 1.85 bits per heavy atom. The highest BCUT2D eigenvalue weighted by molar-refractivity contribution is 14.1. The second kappa shape index (κ2) is 5.07. The minimum absolute atomic E-state index is 0.0881. The molecule has 20 heavy (non-hydrogen) atoms. The quantitative estimate of drug-likeness (QED) is 0.398. The van der Waals surface area contributed by atoms with Crippen LogP contribution in [0.2, 0.25) is 0 Å². The van der Waals surface area contributed by atoms with Gasteiger partial charge in [-0.25, -0.2) is 0 Å². The lowest BCUT2D eigenvalue weighted by atomic mass is 9.78. The van der Waals surface area contributed by atoms with Gasteiger partial charge in [0, 0.05) is 20.0 Å². The van der Waals surface area contributed by atoms with Crippen LogP contribution in [0.4, 0.5) is 0 Å². The van der Waals surface area contributed by atoms with Gasteiger partial charge in [0.15, 0.2) is 11.6 Å². The number of rotatable bonds is 2. The van der Waals surface area contributed by atoms with Crippen molar-refractivity contribution in [2.24, 2.45) is 0 Å². The number of hydrogen-bond acceptors (Lipinski definition) is 2. The van der Waals surface area contributed by atoms with Crippen molar-refractivity contribution in [3.05, 3.63) is 69.7 Å². The maximum Gasteiger partial charge on any atom is 0.182 e. The molecule has 0 saturated heterocycles. The third kappa shape index (κ3) is 1.81. The first-order valence-corrected chi connectivity index (χ1v) is 8.44. The predicted molar refractivity (Wildman–Crippen MR) is 89.8 cm³/mol. The van der Waals surface area contributed by atoms with E-state index < -0.39 is 5.41 Å². The molecule has 0 unspecified atom stereocenters. The molecule has 1 aliphatic rings. The van der Waals surface area contributed by atoms with Gasteiger partial charge in [0.05, 0.1) is 0 Å². The van der Waals surface area contributed by atoms with E-state index in [1.165, 1.54) is 0 Å². The maximum absolute atomic E-state index is 12.8. The lowest BCUT2D eigenvalue weighted by Crippen LogP contribution is -2.40. The van der Waals surface area contributed by atoms with Gasteiger partial charge in [-0.1, -0.05) is 74.9 Å². The first-order valence-electron chi connectivity index (χ1n) is 6.12. The van der Waals surface area contributed by atoms with E-state index in [4.69, 9.17) is 0 Å². The average molecular weight is 441 g/mol. The molecule has 0 radical (unpaired) electrons. The zero-order valence-corrected chi connectivity index (χ0v) is 14.1. The van der Waals surface area contributed by atoms with E-state index in [0.29, 0.717) is 15.6 Å². The van der Waals surface area contributed by atoms with Crippen LogP contribution in [0.25, 0.3) is 0 Å². The van der Waals surface area contributed by atoms with Crippen LogP contribution in [0, 0.1) is 0 Å². The summed E-state index contributed by atoms with van der Waals surface area (Å²) in [6.07, 6.45) is 0. The van der Waals surface area contributed by atoms with Crippen LogP contribution in [0.5, 0.6) is 0 Å². The fraction of sp³-hybridized carbons (Fsp3) is 0.125. The first-order chi connectivity index (χ1) is 9.61. The zero-order chi connectivity index (χ0) is 14.3. The Morgan fingerprint density at radius 2 is 1.40 bits per heavy atom. The van der Waals surface area contributed by atoms with Gasteiger partial charge in [0.1, 0.15) is 5.41 Å². The molecule has 2 aromatic rings. The predicted octanol–water partition coefficient (Wildman–Crippen LogP) is 4.20. The molecular weight excluding hydrogens is 431 g/mol. The highest BCUT2D eigenvalue weighted by Gasteiger charge is 2.53. The summed E-state index contributed by atoms with van der Waals surface area (Å²) in [5.74, 6) is -0.176. The summed E-state index contributed by atoms with van der Waals surface area (Å²) in [6, 6.07) is 14.5. The van der Waals surface area contributed by atoms with Crippen molar-refractivity contribution in [3.8, 4) is 0 Å². The monoisotopic (exact) mass is 440 g/mol. The number of fused-ring (bicyclic) bond motifs is 1. The Bertz CT molecular complexity index is 672. The second-order valence-corrected chi connectivity index (χ2v) is 6.43. The molecule has 1 aliphatic carbocycles. The molecule has 0 aliphatic heterocycles. The molecule has 4 heteroatoms. The molecule has 0 spiro atoms. The van der Waals surface area contributed by atoms with Crippen molar-refractivity contribution in [1.82, 2.24) is 0 Å². The third-order valence-electron chi connectivity index (χ3n) is 3.73. The van der Waals surface area contributed by atoms with Crippen molar-refractivity contribution in [1.29, 1.82) is 0 Å². The van der Waals surface area contributed by atoms with Crippen LogP contribution in [0.1, 0.15) is 26.3 Å². The normalized spacial score (nSPS) is 16.3. The number of carbonyl (C=O) groups is 2. The fourth-order valence-electron chi connectivity index (χ4n) is 2.64. The maximum atomic E-state index is 12.8. The summed E-state index contributed by atoms with van der Waals surface area (Å²) in [7, 11) is 0. The number of alkyl halides is 1. The highest BCUT2D eigenvalue weighted by Crippen LogP contribution is 2.41. The number of halogens is 2. The molecule has 0 bridgehead atoms. The van der Waals surface area contributed by atoms with E-state index in [2.05, 4.69) is 38.5 Å². The topological polar surface area (TPSA) is 34.1 Å². The summed E-state index contributed by atoms with van der Waals surface area (Å²) in [6.45, 7) is 0. The van der Waals surface area contributed by atoms with Crippen molar-refractivity contribution < 1.29 is 9.59 Å². The number of hydrogen-bond donors (Lipinski definition) is 0. The summed E-state index contributed by atoms with van der Waals surface area (Å²) in [5, 5.41) is 0. The number of benzene rings is 2. The van der Waals surface area contributed by atoms with E-state index >= 15 is 0 Å². The molecule has 0 N–H and O–H groups in total. The molecule has 2 aromatic carbocycles. The van der Waals surface area contributed by atoms with Gasteiger partial charge in [-0.05, 0) is 17.7 Å². The molecule has 0 fully saturated rings. The molecule has 0 amide bonds. The van der Waals surface area contributed by atoms with Gasteiger partial charge >= 0.3 is 0 Å². The molecule has 2 nitrogen and oxygen atoms in total. The van der Waals surface area contributed by atoms with Gasteiger partial charge in [-0.2, -0.15) is 0 Å². The number of Topliss-reactive ketones (excluding diaryl/α,β-unsaturated/α-hetero) is 2. The molecule has 3 rings (SSSR count). The molecule has 0 saturated carbocycles. The minimum atomic E-state index is -1.06. The van der Waals surface area contributed by atoms with Gasteiger partial charge in [-0.15, -0.1) is 0 Å². The van der Waals surface area contributed by atoms with Crippen LogP contribution in [-0.4, -0.2) is 16.0 Å². The minimum Gasteiger partial charge on any atom is -0.293 e. The van der Waals surface area contributed by atoms with E-state index in [1.54, 1.807) is 24.3 Å². The molecule has 0 heterocycles. The lowest BCUT2D eigenvalue weighted by Gasteiger charge is -2.23. The van der Waals surface area contributed by atoms with Crippen LogP contribution < -0.4 is 0 Å². The van der Waals surface area contributed by atoms with E-state index in [0.717, 1.165) is 10.0 Å². The Balaban J connectivity index is 2.23. The van der Waals surface area contributed by atoms with Gasteiger partial charge < -0.3 is 0 Å². The zero-order valence-electron chi connectivity index (χ0n) is 10.4. The molecular formula is C16H10BrIO2. The van der Waals surface area contributed by atoms with Crippen LogP contribution >= 0.6 is 38.5 Å². The van der Waals surface area contributed by atoms with Crippen molar-refractivity contribution in [2.45, 2.75) is 5.41 Å². The highest BCUT2D eigenvalue weighted by atomic mass is 127. The Morgan fingerprint density at radius 1 is 0.900 bits per heavy atom. The molecule has 0 atom stereocenters. The Labute approximate surface area is 138 Å². The van der Waals surface area contributed by atoms with Gasteiger partial charge in [0.25, 0.3) is 0 Å². The first kappa shape index (κ1) is 13.9. The van der Waals surface area contributed by atoms with Gasteiger partial charge in [-0.3, -0.25) is 9.59 Å². The Hall–Kier alpha value is -1.01. The lowest BCUT2D eigenvalue weighted by molar-refractivity contribution is 0.0817. The average Bonchev–Trinajstić information content (AvgIpc) is 2.70. The van der Waals surface area contributed by atoms with Crippen LogP contribution in [-0.2, 0) is 5.41 Å². The van der Waals surface area contributed by atoms with Crippen LogP contribution in [0.15, 0.2) is 53.0 Å². The summed E-state index contributed by atoms with van der Waals surface area (Å²) >= 11 is 5.51. The second-order valence-electron chi connectivity index (χ2n) is 4.75. The van der Waals surface area contributed by atoms with E-state index in [-0.39, 0.29) is 11.6 Å². The smallest absolute Gasteiger partial charge is 0.182 e. The van der Waals surface area contributed by atoms with Crippen LogP contribution in [0.3, 0.4) is 0 Å². The number of ketones is 2. The largest absolute Gasteiger partial charge is 0.293 e. The SMILES string of the molecule is O=C1c2ccccc2C(=O)C1(CI)c1ccc(Br)cc1. The third-order valence-corrected chi connectivity index (χ3v) is 5.40. The summed E-state index contributed by atoms with van der Waals surface area (Å²) < 4.78 is 1.37. The molecule has 0 aromatic heterocycles. The van der Waals surface area contributed by atoms with E-state index in [1.807, 2.05) is 24.3 Å². The van der Waals surface area contributed by atoms with Gasteiger partial charge in [0.2, 0.25) is 0 Å². The fourth-order valence-corrected chi connectivity index (χ4v) is 4.03. The number of carbonyl (C=O) groups excluding carboxylic acids is 2. The van der Waals surface area contributed by atoms with E-state index in [9.17, 15) is 9.59 Å². The summed E-state index contributed by atoms with van der Waals surface area (Å²) in [4.78, 5) is 25.6. The Kier molecular flexibility index (Phi) is 3.54. The van der Waals surface area contributed by atoms with Crippen molar-refractivity contribution >= 4 is 50.1 Å². The standard InChI is InChI=1S/C16H10BrIO2/c17-11-7-5-10(6-8-11)16(9-18)14(19)12-3-1-2-4-13(12)15(16)20/h1-8H,9H2. The molecule has 100 valence electrons. The van der Waals surface area contributed by atoms with Crippen molar-refractivity contribution in [2.75, 3.05) is 4.43 Å². The summed E-state index contributed by atoms with van der Waals surface area (Å²) in [5.41, 5.74) is 0.778. The van der Waals surface area contributed by atoms with Crippen molar-refractivity contribution in [3.63, 3.8) is 0 Å².